The van der Waals surface area contributed by atoms with Gasteiger partial charge in [-0.3, -0.25) is 9.52 Å². The largest absolute Gasteiger partial charge is 0.274 e. The molecule has 1 N–H and O–H groups in total. The first-order chi connectivity index (χ1) is 4.48. The second-order valence-corrected chi connectivity index (χ2v) is 3.67. The van der Waals surface area contributed by atoms with Gasteiger partial charge in [-0.2, -0.15) is 0 Å². The minimum absolute atomic E-state index is 0.105. The molecule has 5 heteroatoms. The van der Waals surface area contributed by atoms with Crippen molar-refractivity contribution >= 4 is 15.9 Å². The first kappa shape index (κ1) is 9.42. The lowest BCUT2D eigenvalue weighted by atomic mass is 10.6. The highest BCUT2D eigenvalue weighted by atomic mass is 32.2. The second kappa shape index (κ2) is 3.55. The van der Waals surface area contributed by atoms with Crippen molar-refractivity contribution in [2.45, 2.75) is 13.3 Å². The molecule has 10 heavy (non-hydrogen) atoms. The van der Waals surface area contributed by atoms with Crippen molar-refractivity contribution in [1.82, 2.24) is 4.72 Å². The summed E-state index contributed by atoms with van der Waals surface area (Å²) < 4.78 is 23.2. The lowest BCUT2D eigenvalue weighted by Gasteiger charge is -2.00. The number of amides is 1. The Kier molecular flexibility index (Phi) is 3.35. The van der Waals surface area contributed by atoms with Crippen LogP contribution in [0.1, 0.15) is 13.3 Å². The van der Waals surface area contributed by atoms with Crippen LogP contribution in [0.2, 0.25) is 0 Å². The van der Waals surface area contributed by atoms with Crippen LogP contribution in [0.15, 0.2) is 0 Å². The molecule has 0 aliphatic rings. The van der Waals surface area contributed by atoms with Gasteiger partial charge < -0.3 is 0 Å². The SMILES string of the molecule is [CH2]CCS(=O)(=O)NC(C)=O. The predicted molar refractivity (Wildman–Crippen MR) is 37.6 cm³/mol. The summed E-state index contributed by atoms with van der Waals surface area (Å²) in [6.07, 6.45) is 0.266. The van der Waals surface area contributed by atoms with Gasteiger partial charge in [0, 0.05) is 6.92 Å². The third-order valence-corrected chi connectivity index (χ3v) is 2.14. The van der Waals surface area contributed by atoms with E-state index in [4.69, 9.17) is 0 Å². The van der Waals surface area contributed by atoms with Crippen molar-refractivity contribution in [2.75, 3.05) is 5.75 Å². The molecule has 0 saturated heterocycles. The summed E-state index contributed by atoms with van der Waals surface area (Å²) in [5, 5.41) is 0. The summed E-state index contributed by atoms with van der Waals surface area (Å²) >= 11 is 0. The first-order valence-corrected chi connectivity index (χ1v) is 4.43. The van der Waals surface area contributed by atoms with E-state index in [2.05, 4.69) is 6.92 Å². The summed E-state index contributed by atoms with van der Waals surface area (Å²) in [5.74, 6) is -0.666. The van der Waals surface area contributed by atoms with Crippen molar-refractivity contribution < 1.29 is 13.2 Å². The van der Waals surface area contributed by atoms with Gasteiger partial charge in [0.2, 0.25) is 15.9 Å². The van der Waals surface area contributed by atoms with Crippen LogP contribution in [0.3, 0.4) is 0 Å². The van der Waals surface area contributed by atoms with Crippen LogP contribution in [0.4, 0.5) is 0 Å². The highest BCUT2D eigenvalue weighted by Crippen LogP contribution is 1.86. The van der Waals surface area contributed by atoms with E-state index in [-0.39, 0.29) is 12.2 Å². The van der Waals surface area contributed by atoms with Crippen molar-refractivity contribution in [3.05, 3.63) is 6.92 Å². The van der Waals surface area contributed by atoms with E-state index >= 15 is 0 Å². The molecule has 0 unspecified atom stereocenters. The van der Waals surface area contributed by atoms with Crippen LogP contribution >= 0.6 is 0 Å². The molecular weight excluding hydrogens is 154 g/mol. The molecule has 1 amide bonds. The Hall–Kier alpha value is -0.580. The third kappa shape index (κ3) is 4.31. The molecule has 0 atom stereocenters. The third-order valence-electron chi connectivity index (χ3n) is 0.712. The normalized spacial score (nSPS) is 11.0. The monoisotopic (exact) mass is 164 g/mol. The van der Waals surface area contributed by atoms with Crippen LogP contribution in [0.5, 0.6) is 0 Å². The summed E-state index contributed by atoms with van der Waals surface area (Å²) in [4.78, 5) is 10.2. The maximum absolute atomic E-state index is 10.7. The van der Waals surface area contributed by atoms with Gasteiger partial charge in [0.05, 0.1) is 5.75 Å². The van der Waals surface area contributed by atoms with E-state index in [1.807, 2.05) is 4.72 Å². The van der Waals surface area contributed by atoms with Crippen LogP contribution in [0, 0.1) is 6.92 Å². The zero-order valence-electron chi connectivity index (χ0n) is 5.75. The molecule has 0 aliphatic heterocycles. The lowest BCUT2D eigenvalue weighted by Crippen LogP contribution is -2.30. The van der Waals surface area contributed by atoms with E-state index in [0.717, 1.165) is 6.92 Å². The van der Waals surface area contributed by atoms with Crippen molar-refractivity contribution in [3.8, 4) is 0 Å². The zero-order valence-corrected chi connectivity index (χ0v) is 6.57. The molecule has 59 valence electrons. The fourth-order valence-electron chi connectivity index (χ4n) is 0.460. The average molecular weight is 164 g/mol. The van der Waals surface area contributed by atoms with Crippen molar-refractivity contribution in [2.24, 2.45) is 0 Å². The van der Waals surface area contributed by atoms with Gasteiger partial charge in [0.25, 0.3) is 0 Å². The Morgan fingerprint density at radius 2 is 2.10 bits per heavy atom. The fraction of sp³-hybridized carbons (Fsp3) is 0.600. The fourth-order valence-corrected chi connectivity index (χ4v) is 1.38. The van der Waals surface area contributed by atoms with Crippen LogP contribution in [0.25, 0.3) is 0 Å². The summed E-state index contributed by atoms with van der Waals surface area (Å²) in [6.45, 7) is 4.50. The van der Waals surface area contributed by atoms with Crippen LogP contribution in [-0.2, 0) is 14.8 Å². The number of hydrogen-bond acceptors (Lipinski definition) is 3. The number of rotatable bonds is 3. The summed E-state index contributed by atoms with van der Waals surface area (Å²) in [6, 6.07) is 0. The molecule has 4 nitrogen and oxygen atoms in total. The Bertz CT molecular complexity index is 207. The molecule has 0 rings (SSSR count). The Labute approximate surface area is 60.7 Å². The molecule has 0 heterocycles. The van der Waals surface area contributed by atoms with Gasteiger partial charge in [0.1, 0.15) is 0 Å². The van der Waals surface area contributed by atoms with E-state index in [1.165, 1.54) is 0 Å². The minimum Gasteiger partial charge on any atom is -0.274 e. The highest BCUT2D eigenvalue weighted by Gasteiger charge is 2.08. The maximum Gasteiger partial charge on any atom is 0.234 e. The molecule has 0 aliphatic carbocycles. The molecule has 0 aromatic carbocycles. The minimum atomic E-state index is -3.39. The Morgan fingerprint density at radius 3 is 2.40 bits per heavy atom. The van der Waals surface area contributed by atoms with E-state index in [1.54, 1.807) is 0 Å². The summed E-state index contributed by atoms with van der Waals surface area (Å²) in [5.41, 5.74) is 0. The van der Waals surface area contributed by atoms with E-state index in [0.29, 0.717) is 0 Å². The van der Waals surface area contributed by atoms with Gasteiger partial charge >= 0.3 is 0 Å². The Balaban J connectivity index is 4.02. The smallest absolute Gasteiger partial charge is 0.234 e. The van der Waals surface area contributed by atoms with Crippen molar-refractivity contribution in [1.29, 1.82) is 0 Å². The van der Waals surface area contributed by atoms with Crippen molar-refractivity contribution in [3.63, 3.8) is 0 Å². The van der Waals surface area contributed by atoms with Gasteiger partial charge in [-0.15, -0.1) is 0 Å². The van der Waals surface area contributed by atoms with E-state index in [9.17, 15) is 13.2 Å². The number of sulfonamides is 1. The second-order valence-electron chi connectivity index (χ2n) is 1.83. The molecule has 0 bridgehead atoms. The number of hydrogen-bond donors (Lipinski definition) is 1. The lowest BCUT2D eigenvalue weighted by molar-refractivity contribution is -0.117. The van der Waals surface area contributed by atoms with E-state index < -0.39 is 15.9 Å². The number of carbonyl (C=O) groups excluding carboxylic acids is 1. The molecule has 0 fully saturated rings. The predicted octanol–water partition coefficient (Wildman–Crippen LogP) is -0.324. The van der Waals surface area contributed by atoms with Gasteiger partial charge in [-0.1, -0.05) is 6.92 Å². The first-order valence-electron chi connectivity index (χ1n) is 2.78. The maximum atomic E-state index is 10.7. The van der Waals surface area contributed by atoms with Gasteiger partial charge in [-0.25, -0.2) is 8.42 Å². The quantitative estimate of drug-likeness (QED) is 0.621. The van der Waals surface area contributed by atoms with Crippen LogP contribution in [-0.4, -0.2) is 20.1 Å². The number of carbonyl (C=O) groups is 1. The Morgan fingerprint density at radius 1 is 1.60 bits per heavy atom. The molecule has 1 radical (unpaired) electrons. The van der Waals surface area contributed by atoms with Gasteiger partial charge in [-0.05, 0) is 6.42 Å². The molecule has 0 saturated carbocycles. The topological polar surface area (TPSA) is 63.2 Å². The highest BCUT2D eigenvalue weighted by molar-refractivity contribution is 7.90. The molecule has 0 spiro atoms. The number of nitrogens with one attached hydrogen (secondary N) is 1. The molecular formula is C5H10NO3S. The molecule has 0 aromatic heterocycles. The summed E-state index contributed by atoms with van der Waals surface area (Å²) in [7, 11) is -3.39. The standard InChI is InChI=1S/C5H10NO3S/c1-3-4-10(8,9)6-5(2)7/h1,3-4H2,2H3,(H,6,7). The van der Waals surface area contributed by atoms with Gasteiger partial charge in [0.15, 0.2) is 0 Å². The van der Waals surface area contributed by atoms with Crippen LogP contribution < -0.4 is 4.72 Å². The molecule has 0 aromatic rings. The zero-order chi connectivity index (χ0) is 8.20. The average Bonchev–Trinajstić information content (AvgIpc) is 1.59.